The van der Waals surface area contributed by atoms with Gasteiger partial charge in [-0.2, -0.15) is 0 Å². The van der Waals surface area contributed by atoms with E-state index >= 15 is 0 Å². The first-order chi connectivity index (χ1) is 21.8. The minimum absolute atomic E-state index is 0.207. The number of benzene rings is 3. The molecule has 2 aromatic heterocycles. The van der Waals surface area contributed by atoms with E-state index in [1.54, 1.807) is 28.9 Å². The Morgan fingerprint density at radius 2 is 1.74 bits per heavy atom. The Hall–Kier alpha value is -4.97. The van der Waals surface area contributed by atoms with E-state index in [-0.39, 0.29) is 16.9 Å². The summed E-state index contributed by atoms with van der Waals surface area (Å²) in [7, 11) is -2.18. The van der Waals surface area contributed by atoms with Crippen molar-refractivity contribution in [3.05, 3.63) is 101 Å². The third kappa shape index (κ3) is 7.12. The number of imidazole rings is 1. The quantitative estimate of drug-likeness (QED) is 0.192. The van der Waals surface area contributed by atoms with Crippen LogP contribution in [0.5, 0.6) is 5.75 Å². The van der Waals surface area contributed by atoms with Crippen molar-refractivity contribution in [3.8, 4) is 22.8 Å². The Labute approximate surface area is 269 Å². The standard InChI is InChI=1S/C34H39N7O4S/c1-8-31-35-19-30(40(31)20-23-12-10-9-11-13-23)28-21-41(39-37-28)29-16-24(15-14-22(29)2)33(42)36-26-17-25(34(3,4)5)18-27(32(26)45-6)38-46(7,43)44/h9-19,21,38H,8,20H2,1-7H3,(H,36,42). The number of anilines is 2. The number of methoxy groups -OCH3 is 1. The van der Waals surface area contributed by atoms with Crippen molar-refractivity contribution in [1.82, 2.24) is 24.5 Å². The lowest BCUT2D eigenvalue weighted by Gasteiger charge is -2.24. The Kier molecular flexibility index (Phi) is 9.02. The number of carbonyl (C=O) groups is 1. The molecule has 0 aliphatic heterocycles. The highest BCUT2D eigenvalue weighted by Crippen LogP contribution is 2.39. The number of sulfonamides is 1. The van der Waals surface area contributed by atoms with Crippen LogP contribution in [-0.4, -0.2) is 52.2 Å². The number of nitrogens with zero attached hydrogens (tertiary/aromatic N) is 5. The Balaban J connectivity index is 1.47. The molecule has 5 aromatic rings. The van der Waals surface area contributed by atoms with Gasteiger partial charge in [-0.1, -0.05) is 69.3 Å². The first-order valence-corrected chi connectivity index (χ1v) is 16.8. The second kappa shape index (κ2) is 12.8. The van der Waals surface area contributed by atoms with Crippen LogP contribution in [0.1, 0.15) is 60.6 Å². The van der Waals surface area contributed by atoms with E-state index in [1.165, 1.54) is 7.11 Å². The van der Waals surface area contributed by atoms with Crippen molar-refractivity contribution >= 4 is 27.3 Å². The lowest BCUT2D eigenvalue weighted by molar-refractivity contribution is 0.102. The van der Waals surface area contributed by atoms with Gasteiger partial charge < -0.3 is 14.6 Å². The van der Waals surface area contributed by atoms with Gasteiger partial charge in [0.25, 0.3) is 5.91 Å². The molecule has 0 bridgehead atoms. The summed E-state index contributed by atoms with van der Waals surface area (Å²) in [6.45, 7) is 10.7. The number of nitrogens with one attached hydrogen (secondary N) is 2. The predicted molar refractivity (Wildman–Crippen MR) is 180 cm³/mol. The van der Waals surface area contributed by atoms with E-state index in [9.17, 15) is 13.2 Å². The molecular formula is C34H39N7O4S. The fourth-order valence-corrected chi connectivity index (χ4v) is 5.74. The lowest BCUT2D eigenvalue weighted by atomic mass is 9.86. The van der Waals surface area contributed by atoms with Crippen LogP contribution >= 0.6 is 0 Å². The van der Waals surface area contributed by atoms with E-state index in [0.29, 0.717) is 29.2 Å². The summed E-state index contributed by atoms with van der Waals surface area (Å²) < 4.78 is 36.1. The lowest BCUT2D eigenvalue weighted by Crippen LogP contribution is -2.18. The maximum absolute atomic E-state index is 13.7. The average molecular weight is 642 g/mol. The summed E-state index contributed by atoms with van der Waals surface area (Å²) in [5, 5.41) is 11.8. The zero-order chi connectivity index (χ0) is 33.2. The summed E-state index contributed by atoms with van der Waals surface area (Å²) >= 11 is 0. The van der Waals surface area contributed by atoms with Gasteiger partial charge in [-0.05, 0) is 53.3 Å². The second-order valence-corrected chi connectivity index (χ2v) is 14.0. The van der Waals surface area contributed by atoms with E-state index < -0.39 is 15.9 Å². The number of amides is 1. The fourth-order valence-electron chi connectivity index (χ4n) is 5.18. The van der Waals surface area contributed by atoms with Gasteiger partial charge in [0.15, 0.2) is 5.75 Å². The zero-order valence-corrected chi connectivity index (χ0v) is 27.9. The molecule has 0 fully saturated rings. The van der Waals surface area contributed by atoms with Gasteiger partial charge in [-0.15, -0.1) is 5.10 Å². The minimum atomic E-state index is -3.61. The van der Waals surface area contributed by atoms with Crippen LogP contribution in [0.25, 0.3) is 17.1 Å². The van der Waals surface area contributed by atoms with Crippen LogP contribution in [0.2, 0.25) is 0 Å². The summed E-state index contributed by atoms with van der Waals surface area (Å²) in [4.78, 5) is 18.3. The summed E-state index contributed by atoms with van der Waals surface area (Å²) in [5.41, 5.74) is 5.68. The molecule has 2 N–H and O–H groups in total. The molecule has 0 spiro atoms. The number of aryl methyl sites for hydroxylation is 2. The van der Waals surface area contributed by atoms with Crippen molar-refractivity contribution in [2.75, 3.05) is 23.4 Å². The second-order valence-electron chi connectivity index (χ2n) is 12.2. The average Bonchev–Trinajstić information content (AvgIpc) is 3.63. The van der Waals surface area contributed by atoms with Gasteiger partial charge in [-0.25, -0.2) is 18.1 Å². The highest BCUT2D eigenvalue weighted by atomic mass is 32.2. The molecule has 0 radical (unpaired) electrons. The van der Waals surface area contributed by atoms with Crippen molar-refractivity contribution in [2.45, 2.75) is 53.0 Å². The third-order valence-electron chi connectivity index (χ3n) is 7.61. The van der Waals surface area contributed by atoms with Crippen LogP contribution in [0.3, 0.4) is 0 Å². The molecule has 0 saturated carbocycles. The van der Waals surface area contributed by atoms with Gasteiger partial charge in [0.1, 0.15) is 11.5 Å². The van der Waals surface area contributed by atoms with Crippen molar-refractivity contribution < 1.29 is 17.9 Å². The fraction of sp³-hybridized carbons (Fsp3) is 0.294. The molecule has 0 aliphatic rings. The summed E-state index contributed by atoms with van der Waals surface area (Å²) in [6.07, 6.45) is 5.49. The summed E-state index contributed by atoms with van der Waals surface area (Å²) in [5.74, 6) is 0.757. The van der Waals surface area contributed by atoms with Crippen molar-refractivity contribution in [1.29, 1.82) is 0 Å². The van der Waals surface area contributed by atoms with E-state index in [2.05, 4.69) is 49.0 Å². The van der Waals surface area contributed by atoms with Crippen LogP contribution in [-0.2, 0) is 28.4 Å². The molecule has 11 nitrogen and oxygen atoms in total. The number of ether oxygens (including phenoxy) is 1. The Morgan fingerprint density at radius 1 is 1.02 bits per heavy atom. The number of aromatic nitrogens is 5. The molecule has 0 aliphatic carbocycles. The van der Waals surface area contributed by atoms with E-state index in [1.807, 2.05) is 64.4 Å². The predicted octanol–water partition coefficient (Wildman–Crippen LogP) is 5.98. The van der Waals surface area contributed by atoms with Gasteiger partial charge in [0.2, 0.25) is 10.0 Å². The van der Waals surface area contributed by atoms with Gasteiger partial charge in [0, 0.05) is 18.5 Å². The molecular weight excluding hydrogens is 602 g/mol. The Morgan fingerprint density at radius 3 is 2.39 bits per heavy atom. The van der Waals surface area contributed by atoms with E-state index in [0.717, 1.165) is 40.9 Å². The van der Waals surface area contributed by atoms with Crippen LogP contribution in [0, 0.1) is 6.92 Å². The van der Waals surface area contributed by atoms with E-state index in [4.69, 9.17) is 4.74 Å². The molecule has 1 amide bonds. The van der Waals surface area contributed by atoms with Gasteiger partial charge in [0.05, 0.1) is 48.5 Å². The molecule has 0 atom stereocenters. The molecule has 0 unspecified atom stereocenters. The minimum Gasteiger partial charge on any atom is -0.492 e. The summed E-state index contributed by atoms with van der Waals surface area (Å²) in [6, 6.07) is 19.0. The molecule has 240 valence electrons. The number of carbonyl (C=O) groups excluding carboxylic acids is 1. The molecule has 12 heteroatoms. The van der Waals surface area contributed by atoms with Crippen molar-refractivity contribution in [2.24, 2.45) is 0 Å². The smallest absolute Gasteiger partial charge is 0.255 e. The molecule has 5 rings (SSSR count). The maximum atomic E-state index is 13.7. The van der Waals surface area contributed by atoms with Gasteiger partial charge in [-0.3, -0.25) is 9.52 Å². The SMILES string of the molecule is CCc1ncc(-c2cn(-c3cc(C(=O)Nc4cc(C(C)(C)C)cc(NS(C)(=O)=O)c4OC)ccc3C)nn2)n1Cc1ccccc1. The largest absolute Gasteiger partial charge is 0.492 e. The first-order valence-electron chi connectivity index (χ1n) is 14.9. The number of hydrogen-bond acceptors (Lipinski definition) is 7. The number of hydrogen-bond donors (Lipinski definition) is 2. The first kappa shape index (κ1) is 32.4. The molecule has 3 aromatic carbocycles. The molecule has 2 heterocycles. The number of rotatable bonds is 10. The molecule has 46 heavy (non-hydrogen) atoms. The van der Waals surface area contributed by atoms with Crippen LogP contribution < -0.4 is 14.8 Å². The van der Waals surface area contributed by atoms with Crippen LogP contribution in [0.4, 0.5) is 11.4 Å². The van der Waals surface area contributed by atoms with Gasteiger partial charge >= 0.3 is 0 Å². The highest BCUT2D eigenvalue weighted by molar-refractivity contribution is 7.92. The topological polar surface area (TPSA) is 133 Å². The zero-order valence-electron chi connectivity index (χ0n) is 27.1. The highest BCUT2D eigenvalue weighted by Gasteiger charge is 2.23. The van der Waals surface area contributed by atoms with Crippen molar-refractivity contribution in [3.63, 3.8) is 0 Å². The maximum Gasteiger partial charge on any atom is 0.255 e. The third-order valence-corrected chi connectivity index (χ3v) is 8.21. The Bertz CT molecular complexity index is 1990. The molecule has 0 saturated heterocycles. The monoisotopic (exact) mass is 641 g/mol. The van der Waals surface area contributed by atoms with Crippen LogP contribution in [0.15, 0.2) is 73.1 Å². The normalized spacial score (nSPS) is 11.8.